The summed E-state index contributed by atoms with van der Waals surface area (Å²) in [5.41, 5.74) is -1.90. The molecule has 0 saturated carbocycles. The van der Waals surface area contributed by atoms with Gasteiger partial charge in [-0.15, -0.1) is 0 Å². The van der Waals surface area contributed by atoms with Crippen molar-refractivity contribution < 1.29 is 22.4 Å². The molecule has 0 fully saturated rings. The smallest absolute Gasteiger partial charge is 0.304 e. The van der Waals surface area contributed by atoms with Crippen LogP contribution >= 0.6 is 35.3 Å². The first kappa shape index (κ1) is 25.5. The largest absolute Gasteiger partial charge is 0.404 e. The summed E-state index contributed by atoms with van der Waals surface area (Å²) in [7, 11) is -4.63. The van der Waals surface area contributed by atoms with E-state index in [1.54, 1.807) is 23.9 Å². The van der Waals surface area contributed by atoms with Crippen LogP contribution < -0.4 is 0 Å². The Labute approximate surface area is 190 Å². The first-order valence-corrected chi connectivity index (χ1v) is 13.4. The van der Waals surface area contributed by atoms with Gasteiger partial charge >= 0.3 is 13.3 Å². The highest BCUT2D eigenvalue weighted by molar-refractivity contribution is 9.10. The van der Waals surface area contributed by atoms with Gasteiger partial charge in [0.05, 0.1) is 13.2 Å². The molecular formula is C22H28BrF2O3PS. The molecule has 0 saturated heterocycles. The predicted molar refractivity (Wildman–Crippen MR) is 125 cm³/mol. The fourth-order valence-electron chi connectivity index (χ4n) is 2.99. The summed E-state index contributed by atoms with van der Waals surface area (Å²) >= 11 is 5.02. The van der Waals surface area contributed by atoms with E-state index in [-0.39, 0.29) is 22.9 Å². The highest BCUT2D eigenvalue weighted by atomic mass is 79.9. The maximum atomic E-state index is 15.0. The van der Waals surface area contributed by atoms with E-state index in [9.17, 15) is 4.57 Å². The molecule has 30 heavy (non-hydrogen) atoms. The zero-order chi connectivity index (χ0) is 22.2. The molecule has 166 valence electrons. The number of benzene rings is 2. The van der Waals surface area contributed by atoms with Gasteiger partial charge in [0.1, 0.15) is 0 Å². The van der Waals surface area contributed by atoms with Crippen LogP contribution in [-0.2, 0) is 25.7 Å². The molecular weight excluding hydrogens is 493 g/mol. The molecule has 8 heteroatoms. The third kappa shape index (κ3) is 6.39. The van der Waals surface area contributed by atoms with Crippen LogP contribution in [0.2, 0.25) is 0 Å². The monoisotopic (exact) mass is 520 g/mol. The molecule has 3 nitrogen and oxygen atoms in total. The first-order chi connectivity index (χ1) is 14.2. The predicted octanol–water partition coefficient (Wildman–Crippen LogP) is 8.19. The highest BCUT2D eigenvalue weighted by Crippen LogP contribution is 2.67. The number of rotatable bonds is 12. The fourth-order valence-corrected chi connectivity index (χ4v) is 6.36. The Kier molecular flexibility index (Phi) is 10.0. The lowest BCUT2D eigenvalue weighted by molar-refractivity contribution is 0.0354. The molecule has 2 rings (SSSR count). The zero-order valence-corrected chi connectivity index (χ0v) is 20.7. The van der Waals surface area contributed by atoms with E-state index >= 15 is 8.78 Å². The van der Waals surface area contributed by atoms with Gasteiger partial charge < -0.3 is 9.05 Å². The van der Waals surface area contributed by atoms with Gasteiger partial charge in [0.2, 0.25) is 0 Å². The zero-order valence-electron chi connectivity index (χ0n) is 17.4. The van der Waals surface area contributed by atoms with Gasteiger partial charge in [-0.25, -0.2) is 0 Å². The average molecular weight is 521 g/mol. The van der Waals surface area contributed by atoms with Gasteiger partial charge in [-0.3, -0.25) is 4.57 Å². The van der Waals surface area contributed by atoms with Crippen molar-refractivity contribution in [2.75, 3.05) is 19.0 Å². The van der Waals surface area contributed by atoms with E-state index in [1.165, 1.54) is 25.5 Å². The maximum absolute atomic E-state index is 15.0. The topological polar surface area (TPSA) is 35.5 Å². The number of thioether (sulfide) groups is 1. The molecule has 0 heterocycles. The Bertz CT molecular complexity index is 842. The molecule has 1 atom stereocenters. The number of hydrogen-bond acceptors (Lipinski definition) is 4. The van der Waals surface area contributed by atoms with Crippen LogP contribution in [0, 0.1) is 0 Å². The minimum atomic E-state index is -4.63. The summed E-state index contributed by atoms with van der Waals surface area (Å²) in [5.74, 6) is 0.968. The lowest BCUT2D eigenvalue weighted by Crippen LogP contribution is -2.19. The van der Waals surface area contributed by atoms with Gasteiger partial charge in [0.15, 0.2) is 0 Å². The second kappa shape index (κ2) is 11.8. The molecule has 0 aliphatic carbocycles. The molecule has 2 aromatic rings. The molecule has 0 aliphatic heterocycles. The molecule has 0 aromatic heterocycles. The minimum absolute atomic E-state index is 0.126. The number of alkyl halides is 2. The standard InChI is InChI=1S/C22H28BrF2O3PS/c1-4-27-29(26,28-5-2)22(24,25)20-14-13-19(16-21(20)23)17(3)30-15-9-12-18-10-7-6-8-11-18/h6-8,10-11,13-14,16-17H,4-5,9,12,15H2,1-3H3. The fraction of sp³-hybridized carbons (Fsp3) is 0.455. The summed E-state index contributed by atoms with van der Waals surface area (Å²) in [5, 5.41) is 0.144. The van der Waals surface area contributed by atoms with E-state index in [0.717, 1.165) is 24.2 Å². The van der Waals surface area contributed by atoms with Gasteiger partial charge in [-0.1, -0.05) is 58.4 Å². The van der Waals surface area contributed by atoms with Crippen LogP contribution in [0.25, 0.3) is 0 Å². The molecule has 1 unspecified atom stereocenters. The maximum Gasteiger partial charge on any atom is 0.404 e. The van der Waals surface area contributed by atoms with Gasteiger partial charge in [0.25, 0.3) is 0 Å². The third-order valence-electron chi connectivity index (χ3n) is 4.55. The normalized spacial score (nSPS) is 13.4. The van der Waals surface area contributed by atoms with E-state index in [4.69, 9.17) is 9.05 Å². The van der Waals surface area contributed by atoms with Crippen molar-refractivity contribution in [2.45, 2.75) is 44.5 Å². The van der Waals surface area contributed by atoms with Gasteiger partial charge in [0, 0.05) is 15.3 Å². The van der Waals surface area contributed by atoms with E-state index in [2.05, 4.69) is 35.0 Å². The van der Waals surface area contributed by atoms with Crippen molar-refractivity contribution in [3.8, 4) is 0 Å². The molecule has 0 aliphatic rings. The summed E-state index contributed by atoms with van der Waals surface area (Å²) < 4.78 is 52.7. The van der Waals surface area contributed by atoms with E-state index < -0.39 is 18.8 Å². The quantitative estimate of drug-likeness (QED) is 0.208. The lowest BCUT2D eigenvalue weighted by atomic mass is 10.1. The van der Waals surface area contributed by atoms with Crippen molar-refractivity contribution in [1.29, 1.82) is 0 Å². The average Bonchev–Trinajstić information content (AvgIpc) is 2.71. The Morgan fingerprint density at radius 3 is 2.30 bits per heavy atom. The Morgan fingerprint density at radius 1 is 1.10 bits per heavy atom. The highest BCUT2D eigenvalue weighted by Gasteiger charge is 2.55. The molecule has 2 aromatic carbocycles. The van der Waals surface area contributed by atoms with Crippen molar-refractivity contribution >= 4 is 35.3 Å². The SMILES string of the molecule is CCOP(=O)(OCC)C(F)(F)c1ccc(C(C)SCCCc2ccccc2)cc1Br. The Morgan fingerprint density at radius 2 is 1.73 bits per heavy atom. The van der Waals surface area contributed by atoms with Crippen molar-refractivity contribution in [3.05, 3.63) is 69.7 Å². The Balaban J connectivity index is 2.05. The summed E-state index contributed by atoms with van der Waals surface area (Å²) in [4.78, 5) is 0. The molecule has 0 spiro atoms. The summed E-state index contributed by atoms with van der Waals surface area (Å²) in [6, 6.07) is 15.0. The molecule has 0 radical (unpaired) electrons. The number of hydrogen-bond donors (Lipinski definition) is 0. The van der Waals surface area contributed by atoms with Crippen molar-refractivity contribution in [2.24, 2.45) is 0 Å². The number of aryl methyl sites for hydroxylation is 1. The van der Waals surface area contributed by atoms with E-state index in [0.29, 0.717) is 0 Å². The van der Waals surface area contributed by atoms with Gasteiger partial charge in [-0.05, 0) is 56.6 Å². The third-order valence-corrected chi connectivity index (χ3v) is 8.63. The molecule has 0 bridgehead atoms. The second-order valence-corrected chi connectivity index (χ2v) is 11.1. The molecule has 0 amide bonds. The van der Waals surface area contributed by atoms with Crippen LogP contribution in [0.1, 0.15) is 49.1 Å². The van der Waals surface area contributed by atoms with Crippen LogP contribution in [0.15, 0.2) is 53.0 Å². The lowest BCUT2D eigenvalue weighted by Gasteiger charge is -2.27. The van der Waals surface area contributed by atoms with Crippen molar-refractivity contribution in [1.82, 2.24) is 0 Å². The number of halogens is 3. The van der Waals surface area contributed by atoms with Gasteiger partial charge in [-0.2, -0.15) is 20.5 Å². The minimum Gasteiger partial charge on any atom is -0.304 e. The van der Waals surface area contributed by atoms with Crippen LogP contribution in [0.4, 0.5) is 8.78 Å². The van der Waals surface area contributed by atoms with E-state index in [1.807, 2.05) is 18.2 Å². The summed E-state index contributed by atoms with van der Waals surface area (Å²) in [6.07, 6.45) is 2.06. The molecule has 0 N–H and O–H groups in total. The van der Waals surface area contributed by atoms with Crippen LogP contribution in [-0.4, -0.2) is 19.0 Å². The van der Waals surface area contributed by atoms with Crippen molar-refractivity contribution in [3.63, 3.8) is 0 Å². The van der Waals surface area contributed by atoms with Crippen LogP contribution in [0.5, 0.6) is 0 Å². The second-order valence-electron chi connectivity index (χ2n) is 6.72. The first-order valence-electron chi connectivity index (χ1n) is 9.97. The Hall–Kier alpha value is -0.720. The summed E-state index contributed by atoms with van der Waals surface area (Å²) in [6.45, 7) is 4.82. The van der Waals surface area contributed by atoms with Crippen LogP contribution in [0.3, 0.4) is 0 Å².